The number of carbonyl (C=O) groups excluding carboxylic acids is 1. The number of rotatable bonds is 7. The van der Waals surface area contributed by atoms with E-state index in [1.807, 2.05) is 44.2 Å². The minimum atomic E-state index is -0.183. The molecule has 31 heavy (non-hydrogen) atoms. The van der Waals surface area contributed by atoms with Gasteiger partial charge in [0.2, 0.25) is 0 Å². The maximum absolute atomic E-state index is 12.0. The van der Waals surface area contributed by atoms with Crippen molar-refractivity contribution in [1.29, 1.82) is 0 Å². The number of benzene rings is 2. The van der Waals surface area contributed by atoms with Gasteiger partial charge in [0.25, 0.3) is 0 Å². The number of nitrogens with one attached hydrogen (secondary N) is 2. The number of fused-ring (bicyclic) bond motifs is 1. The number of aromatic nitrogens is 1. The fraction of sp³-hybridized carbons (Fsp3) is 0.400. The van der Waals surface area contributed by atoms with Crippen molar-refractivity contribution in [2.45, 2.75) is 52.0 Å². The highest BCUT2D eigenvalue weighted by Crippen LogP contribution is 2.43. The van der Waals surface area contributed by atoms with Crippen molar-refractivity contribution in [3.05, 3.63) is 42.5 Å². The van der Waals surface area contributed by atoms with Crippen molar-refractivity contribution in [2.75, 3.05) is 24.2 Å². The van der Waals surface area contributed by atoms with Crippen LogP contribution in [0.25, 0.3) is 22.2 Å². The van der Waals surface area contributed by atoms with Gasteiger partial charge in [-0.25, -0.2) is 4.79 Å². The van der Waals surface area contributed by atoms with E-state index in [9.17, 15) is 4.79 Å². The van der Waals surface area contributed by atoms with Gasteiger partial charge in [0.15, 0.2) is 0 Å². The Morgan fingerprint density at radius 3 is 2.55 bits per heavy atom. The predicted octanol–water partition coefficient (Wildman–Crippen LogP) is 5.94. The monoisotopic (exact) mass is 420 g/mol. The van der Waals surface area contributed by atoms with Crippen molar-refractivity contribution >= 4 is 28.3 Å². The highest BCUT2D eigenvalue weighted by atomic mass is 16.5. The number of urea groups is 1. The fourth-order valence-electron chi connectivity index (χ4n) is 4.53. The first-order valence-electron chi connectivity index (χ1n) is 11.3. The van der Waals surface area contributed by atoms with Crippen LogP contribution in [0.3, 0.4) is 0 Å². The molecule has 0 unspecified atom stereocenters. The molecule has 1 aliphatic carbocycles. The van der Waals surface area contributed by atoms with Crippen LogP contribution in [0.2, 0.25) is 0 Å². The van der Waals surface area contributed by atoms with E-state index in [0.717, 1.165) is 58.5 Å². The summed E-state index contributed by atoms with van der Waals surface area (Å²) in [6.07, 6.45) is 5.70. The third-order valence-corrected chi connectivity index (χ3v) is 5.97. The molecule has 4 N–H and O–H groups in total. The van der Waals surface area contributed by atoms with Crippen LogP contribution in [0, 0.1) is 0 Å². The molecule has 1 aromatic heterocycles. The zero-order valence-electron chi connectivity index (χ0n) is 18.4. The van der Waals surface area contributed by atoms with E-state index in [1.165, 1.54) is 12.8 Å². The lowest BCUT2D eigenvalue weighted by molar-refractivity contribution is 0.252. The van der Waals surface area contributed by atoms with Gasteiger partial charge in [0, 0.05) is 35.3 Å². The van der Waals surface area contributed by atoms with Crippen LogP contribution in [0.5, 0.6) is 5.75 Å². The molecule has 4 rings (SSSR count). The molecule has 0 aliphatic heterocycles. The highest BCUT2D eigenvalue weighted by Gasteiger charge is 2.25. The van der Waals surface area contributed by atoms with Crippen LogP contribution in [0.4, 0.5) is 16.2 Å². The first-order valence-corrected chi connectivity index (χ1v) is 11.3. The number of amides is 2. The predicted molar refractivity (Wildman–Crippen MR) is 128 cm³/mol. The summed E-state index contributed by atoms with van der Waals surface area (Å²) < 4.78 is 8.18. The first-order chi connectivity index (χ1) is 15.1. The van der Waals surface area contributed by atoms with E-state index in [1.54, 1.807) is 0 Å². The number of anilines is 2. The molecule has 0 radical (unpaired) electrons. The average Bonchev–Trinajstić information content (AvgIpc) is 3.39. The number of nitrogens with zero attached hydrogens (tertiary/aromatic N) is 1. The molecule has 0 saturated heterocycles. The molecule has 0 spiro atoms. The van der Waals surface area contributed by atoms with Crippen LogP contribution in [0.15, 0.2) is 42.5 Å². The van der Waals surface area contributed by atoms with E-state index < -0.39 is 0 Å². The Labute approximate surface area is 183 Å². The lowest BCUT2D eigenvalue weighted by Crippen LogP contribution is -2.29. The quantitative estimate of drug-likeness (QED) is 0.443. The summed E-state index contributed by atoms with van der Waals surface area (Å²) in [4.78, 5) is 12.0. The lowest BCUT2D eigenvalue weighted by atomic mass is 10.1. The largest absolute Gasteiger partial charge is 0.494 e. The smallest absolute Gasteiger partial charge is 0.319 e. The van der Waals surface area contributed by atoms with Gasteiger partial charge < -0.3 is 25.7 Å². The number of ether oxygens (including phenoxy) is 1. The number of hydrogen-bond acceptors (Lipinski definition) is 3. The Morgan fingerprint density at radius 2 is 1.87 bits per heavy atom. The fourth-order valence-corrected chi connectivity index (χ4v) is 4.53. The van der Waals surface area contributed by atoms with E-state index in [2.05, 4.69) is 27.3 Å². The normalized spacial score (nSPS) is 14.1. The van der Waals surface area contributed by atoms with Crippen LogP contribution >= 0.6 is 0 Å². The van der Waals surface area contributed by atoms with Crippen molar-refractivity contribution in [3.63, 3.8) is 0 Å². The van der Waals surface area contributed by atoms with Gasteiger partial charge in [0.05, 0.1) is 23.5 Å². The van der Waals surface area contributed by atoms with Crippen LogP contribution < -0.4 is 21.1 Å². The number of hydrogen-bond donors (Lipinski definition) is 3. The van der Waals surface area contributed by atoms with Crippen LogP contribution in [0.1, 0.15) is 52.0 Å². The molecular weight excluding hydrogens is 388 g/mol. The zero-order chi connectivity index (χ0) is 21.8. The topological polar surface area (TPSA) is 81.3 Å². The molecule has 1 heterocycles. The van der Waals surface area contributed by atoms with Gasteiger partial charge in [-0.2, -0.15) is 0 Å². The Kier molecular flexibility index (Phi) is 6.35. The molecule has 6 nitrogen and oxygen atoms in total. The minimum Gasteiger partial charge on any atom is -0.494 e. The number of nitrogen functional groups attached to an aromatic ring is 1. The molecule has 0 atom stereocenters. The van der Waals surface area contributed by atoms with Crippen molar-refractivity contribution < 1.29 is 9.53 Å². The van der Waals surface area contributed by atoms with Crippen molar-refractivity contribution in [1.82, 2.24) is 9.88 Å². The molecule has 2 aromatic carbocycles. The maximum atomic E-state index is 12.0. The molecule has 164 valence electrons. The Hall–Kier alpha value is -3.15. The summed E-state index contributed by atoms with van der Waals surface area (Å²) in [5.41, 5.74) is 11.5. The molecule has 1 saturated carbocycles. The number of carbonyl (C=O) groups is 1. The summed E-state index contributed by atoms with van der Waals surface area (Å²) in [6, 6.07) is 14.4. The van der Waals surface area contributed by atoms with Crippen LogP contribution in [-0.4, -0.2) is 23.7 Å². The Bertz CT molecular complexity index is 1050. The molecule has 1 fully saturated rings. The van der Waals surface area contributed by atoms with Gasteiger partial charge in [0.1, 0.15) is 5.75 Å². The number of nitrogens with two attached hydrogens (primary N) is 1. The second kappa shape index (κ2) is 9.33. The van der Waals surface area contributed by atoms with Crippen molar-refractivity contribution in [2.24, 2.45) is 0 Å². The van der Waals surface area contributed by atoms with E-state index in [0.29, 0.717) is 19.2 Å². The SMILES string of the molecule is CCCNC(=O)Nc1ccc(-c2c(N)c3ccc(OCC)cc3n2C2CCCC2)cc1. The second-order valence-electron chi connectivity index (χ2n) is 8.14. The molecule has 1 aliphatic rings. The summed E-state index contributed by atoms with van der Waals surface area (Å²) in [5.74, 6) is 0.871. The Balaban J connectivity index is 1.73. The highest BCUT2D eigenvalue weighted by molar-refractivity contribution is 6.01. The Morgan fingerprint density at radius 1 is 1.13 bits per heavy atom. The van der Waals surface area contributed by atoms with Gasteiger partial charge >= 0.3 is 6.03 Å². The molecule has 0 bridgehead atoms. The zero-order valence-corrected chi connectivity index (χ0v) is 18.4. The second-order valence-corrected chi connectivity index (χ2v) is 8.14. The van der Waals surface area contributed by atoms with Crippen molar-refractivity contribution in [3.8, 4) is 17.0 Å². The third-order valence-electron chi connectivity index (χ3n) is 5.97. The summed E-state index contributed by atoms with van der Waals surface area (Å²) >= 11 is 0. The van der Waals surface area contributed by atoms with E-state index in [-0.39, 0.29) is 6.03 Å². The molecule has 2 amide bonds. The van der Waals surface area contributed by atoms with Gasteiger partial charge in [-0.05, 0) is 50.5 Å². The van der Waals surface area contributed by atoms with Gasteiger partial charge in [-0.3, -0.25) is 0 Å². The average molecular weight is 421 g/mol. The first kappa shape index (κ1) is 21.1. The van der Waals surface area contributed by atoms with Gasteiger partial charge in [-0.15, -0.1) is 0 Å². The minimum absolute atomic E-state index is 0.183. The van der Waals surface area contributed by atoms with E-state index in [4.69, 9.17) is 10.5 Å². The lowest BCUT2D eigenvalue weighted by Gasteiger charge is -2.19. The molecule has 3 aromatic rings. The molecule has 6 heteroatoms. The standard InChI is InChI=1S/C25H32N4O2/c1-3-15-27-25(30)28-18-11-9-17(10-12-18)24-23(26)21-14-13-20(31-4-2)16-22(21)29(24)19-7-5-6-8-19/h9-14,16,19H,3-8,15,26H2,1-2H3,(H2,27,28,30). The maximum Gasteiger partial charge on any atom is 0.319 e. The third kappa shape index (κ3) is 4.33. The summed E-state index contributed by atoms with van der Waals surface area (Å²) in [7, 11) is 0. The van der Waals surface area contributed by atoms with Gasteiger partial charge in [-0.1, -0.05) is 31.9 Å². The van der Waals surface area contributed by atoms with Crippen LogP contribution in [-0.2, 0) is 0 Å². The molecular formula is C25H32N4O2. The summed E-state index contributed by atoms with van der Waals surface area (Å²) in [6.45, 7) is 5.32. The van der Waals surface area contributed by atoms with E-state index >= 15 is 0 Å². The summed E-state index contributed by atoms with van der Waals surface area (Å²) in [5, 5.41) is 6.77.